The van der Waals surface area contributed by atoms with Crippen molar-refractivity contribution in [3.63, 3.8) is 0 Å². The molecule has 0 atom stereocenters. The van der Waals surface area contributed by atoms with Crippen LogP contribution >= 0.6 is 15.9 Å². The quantitative estimate of drug-likeness (QED) is 0.663. The van der Waals surface area contributed by atoms with E-state index in [-0.39, 0.29) is 0 Å². The summed E-state index contributed by atoms with van der Waals surface area (Å²) in [5, 5.41) is 1.04. The fourth-order valence-corrected chi connectivity index (χ4v) is 1.46. The van der Waals surface area contributed by atoms with Crippen molar-refractivity contribution in [1.29, 1.82) is 0 Å². The molecule has 1 heterocycles. The van der Waals surface area contributed by atoms with Gasteiger partial charge in [0.05, 0.1) is 0 Å². The number of aromatic nitrogens is 1. The van der Waals surface area contributed by atoms with Crippen LogP contribution in [0.2, 0.25) is 0 Å². The first kappa shape index (κ1) is 7.86. The van der Waals surface area contributed by atoms with Gasteiger partial charge in [-0.2, -0.15) is 0 Å². The normalized spacial score (nSPS) is 10.2. The standard InChI is InChI=1S/C8H12BrN/c1-2-8-4-3-6-10(8)7-5-9/h3-4,6H,2,5,7H2,1H3. The first-order valence-electron chi connectivity index (χ1n) is 3.58. The highest BCUT2D eigenvalue weighted by Crippen LogP contribution is 2.03. The minimum Gasteiger partial charge on any atom is -0.351 e. The zero-order valence-corrected chi connectivity index (χ0v) is 7.76. The molecule has 10 heavy (non-hydrogen) atoms. The lowest BCUT2D eigenvalue weighted by molar-refractivity contribution is 0.732. The van der Waals surface area contributed by atoms with E-state index >= 15 is 0 Å². The Balaban J connectivity index is 2.70. The molecule has 56 valence electrons. The largest absolute Gasteiger partial charge is 0.351 e. The minimum absolute atomic E-state index is 1.04. The first-order chi connectivity index (χ1) is 4.88. The third kappa shape index (κ3) is 1.63. The number of halogens is 1. The number of hydrogen-bond acceptors (Lipinski definition) is 0. The summed E-state index contributed by atoms with van der Waals surface area (Å²) in [4.78, 5) is 0. The van der Waals surface area contributed by atoms with Gasteiger partial charge in [-0.3, -0.25) is 0 Å². The molecule has 1 nitrogen and oxygen atoms in total. The van der Waals surface area contributed by atoms with E-state index in [2.05, 4.69) is 45.8 Å². The Morgan fingerprint density at radius 1 is 1.60 bits per heavy atom. The van der Waals surface area contributed by atoms with Crippen LogP contribution in [0.5, 0.6) is 0 Å². The molecule has 0 saturated heterocycles. The third-order valence-electron chi connectivity index (χ3n) is 1.61. The molecular weight excluding hydrogens is 190 g/mol. The Kier molecular flexibility index (Phi) is 3.00. The maximum absolute atomic E-state index is 3.41. The van der Waals surface area contributed by atoms with Crippen molar-refractivity contribution in [2.45, 2.75) is 19.9 Å². The molecule has 1 rings (SSSR count). The minimum atomic E-state index is 1.04. The van der Waals surface area contributed by atoms with Crippen molar-refractivity contribution in [1.82, 2.24) is 4.57 Å². The Morgan fingerprint density at radius 3 is 3.00 bits per heavy atom. The Labute approximate surface area is 70.2 Å². The molecule has 0 amide bonds. The van der Waals surface area contributed by atoms with Crippen molar-refractivity contribution in [2.24, 2.45) is 0 Å². The second-order valence-corrected chi connectivity index (χ2v) is 3.03. The molecule has 0 spiro atoms. The van der Waals surface area contributed by atoms with E-state index in [0.717, 1.165) is 18.3 Å². The van der Waals surface area contributed by atoms with Crippen molar-refractivity contribution in [2.75, 3.05) is 5.33 Å². The summed E-state index contributed by atoms with van der Waals surface area (Å²) in [6.45, 7) is 3.26. The molecule has 0 aliphatic carbocycles. The van der Waals surface area contributed by atoms with Crippen LogP contribution in [-0.2, 0) is 13.0 Å². The van der Waals surface area contributed by atoms with E-state index in [4.69, 9.17) is 0 Å². The van der Waals surface area contributed by atoms with Gasteiger partial charge in [0, 0.05) is 23.8 Å². The molecule has 0 fully saturated rings. The molecule has 0 saturated carbocycles. The van der Waals surface area contributed by atoms with Crippen LogP contribution in [0, 0.1) is 0 Å². The lowest BCUT2D eigenvalue weighted by Crippen LogP contribution is -2.00. The van der Waals surface area contributed by atoms with Crippen molar-refractivity contribution in [3.05, 3.63) is 24.0 Å². The zero-order valence-electron chi connectivity index (χ0n) is 6.18. The average molecular weight is 202 g/mol. The van der Waals surface area contributed by atoms with E-state index < -0.39 is 0 Å². The molecule has 2 heteroatoms. The molecular formula is C8H12BrN. The fraction of sp³-hybridized carbons (Fsp3) is 0.500. The van der Waals surface area contributed by atoms with Gasteiger partial charge in [-0.15, -0.1) is 0 Å². The van der Waals surface area contributed by atoms with E-state index in [1.807, 2.05) is 0 Å². The molecule has 0 unspecified atom stereocenters. The summed E-state index contributed by atoms with van der Waals surface area (Å²) in [5.41, 5.74) is 1.42. The van der Waals surface area contributed by atoms with Crippen LogP contribution in [0.4, 0.5) is 0 Å². The summed E-state index contributed by atoms with van der Waals surface area (Å²) in [5.74, 6) is 0. The summed E-state index contributed by atoms with van der Waals surface area (Å²) < 4.78 is 2.27. The van der Waals surface area contributed by atoms with Crippen LogP contribution < -0.4 is 0 Å². The Bertz CT molecular complexity index is 193. The van der Waals surface area contributed by atoms with Crippen LogP contribution in [0.3, 0.4) is 0 Å². The summed E-state index contributed by atoms with van der Waals surface area (Å²) in [7, 11) is 0. The van der Waals surface area contributed by atoms with Gasteiger partial charge in [0.2, 0.25) is 0 Å². The SMILES string of the molecule is CCc1cccn1CCBr. The molecule has 1 aromatic heterocycles. The van der Waals surface area contributed by atoms with E-state index in [1.165, 1.54) is 5.69 Å². The highest BCUT2D eigenvalue weighted by Gasteiger charge is 1.94. The summed E-state index contributed by atoms with van der Waals surface area (Å²) >= 11 is 3.41. The predicted octanol–water partition coefficient (Wildman–Crippen LogP) is 2.45. The lowest BCUT2D eigenvalue weighted by Gasteiger charge is -2.03. The second kappa shape index (κ2) is 3.81. The highest BCUT2D eigenvalue weighted by atomic mass is 79.9. The molecule has 0 bridgehead atoms. The van der Waals surface area contributed by atoms with Crippen molar-refractivity contribution >= 4 is 15.9 Å². The lowest BCUT2D eigenvalue weighted by atomic mass is 10.3. The number of hydrogen-bond donors (Lipinski definition) is 0. The van der Waals surface area contributed by atoms with E-state index in [1.54, 1.807) is 0 Å². The molecule has 1 aromatic rings. The van der Waals surface area contributed by atoms with Crippen LogP contribution in [0.1, 0.15) is 12.6 Å². The summed E-state index contributed by atoms with van der Waals surface area (Å²) in [6, 6.07) is 4.27. The van der Waals surface area contributed by atoms with Gasteiger partial charge in [-0.25, -0.2) is 0 Å². The van der Waals surface area contributed by atoms with Crippen LogP contribution in [-0.4, -0.2) is 9.90 Å². The molecule has 0 aromatic carbocycles. The Hall–Kier alpha value is -0.240. The molecule has 0 N–H and O–H groups in total. The number of alkyl halides is 1. The number of nitrogens with zero attached hydrogens (tertiary/aromatic N) is 1. The van der Waals surface area contributed by atoms with Gasteiger partial charge < -0.3 is 4.57 Å². The van der Waals surface area contributed by atoms with Gasteiger partial charge in [0.1, 0.15) is 0 Å². The van der Waals surface area contributed by atoms with Gasteiger partial charge in [-0.1, -0.05) is 22.9 Å². The molecule has 0 aliphatic rings. The first-order valence-corrected chi connectivity index (χ1v) is 4.70. The van der Waals surface area contributed by atoms with Gasteiger partial charge >= 0.3 is 0 Å². The second-order valence-electron chi connectivity index (χ2n) is 2.24. The Morgan fingerprint density at radius 2 is 2.40 bits per heavy atom. The van der Waals surface area contributed by atoms with Crippen LogP contribution in [0.25, 0.3) is 0 Å². The highest BCUT2D eigenvalue weighted by molar-refractivity contribution is 9.09. The molecule has 0 radical (unpaired) electrons. The summed E-state index contributed by atoms with van der Waals surface area (Å²) in [6.07, 6.45) is 3.25. The van der Waals surface area contributed by atoms with Gasteiger partial charge in [0.25, 0.3) is 0 Å². The van der Waals surface area contributed by atoms with Gasteiger partial charge in [-0.05, 0) is 18.6 Å². The number of rotatable bonds is 3. The smallest absolute Gasteiger partial charge is 0.0319 e. The van der Waals surface area contributed by atoms with Crippen molar-refractivity contribution in [3.8, 4) is 0 Å². The topological polar surface area (TPSA) is 4.93 Å². The van der Waals surface area contributed by atoms with E-state index in [0.29, 0.717) is 0 Å². The predicted molar refractivity (Wildman–Crippen MR) is 47.6 cm³/mol. The fourth-order valence-electron chi connectivity index (χ4n) is 1.08. The third-order valence-corrected chi connectivity index (χ3v) is 1.97. The monoisotopic (exact) mass is 201 g/mol. The van der Waals surface area contributed by atoms with E-state index in [9.17, 15) is 0 Å². The number of aryl methyl sites for hydroxylation is 2. The zero-order chi connectivity index (χ0) is 7.40. The maximum atomic E-state index is 3.41. The maximum Gasteiger partial charge on any atom is 0.0319 e. The average Bonchev–Trinajstić information content (AvgIpc) is 2.36. The van der Waals surface area contributed by atoms with Crippen molar-refractivity contribution < 1.29 is 0 Å². The molecule has 0 aliphatic heterocycles. The van der Waals surface area contributed by atoms with Crippen LogP contribution in [0.15, 0.2) is 18.3 Å². The van der Waals surface area contributed by atoms with Gasteiger partial charge in [0.15, 0.2) is 0 Å².